The molecule has 0 atom stereocenters. The van der Waals surface area contributed by atoms with E-state index in [0.717, 1.165) is 13.0 Å². The van der Waals surface area contributed by atoms with Gasteiger partial charge in [-0.25, -0.2) is 0 Å². The summed E-state index contributed by atoms with van der Waals surface area (Å²) in [4.78, 5) is 16.1. The van der Waals surface area contributed by atoms with E-state index in [0.29, 0.717) is 30.5 Å². The zero-order valence-corrected chi connectivity index (χ0v) is 15.0. The summed E-state index contributed by atoms with van der Waals surface area (Å²) >= 11 is 0. The molecule has 130 valence electrons. The molecule has 1 aromatic heterocycles. The molecule has 0 radical (unpaired) electrons. The van der Waals surface area contributed by atoms with Crippen molar-refractivity contribution < 1.29 is 9.32 Å². The van der Waals surface area contributed by atoms with E-state index in [1.165, 1.54) is 5.56 Å². The molecule has 0 unspecified atom stereocenters. The fourth-order valence-corrected chi connectivity index (χ4v) is 2.62. The molecule has 0 saturated carbocycles. The Balaban J connectivity index is 1.85. The Kier molecular flexibility index (Phi) is 6.55. The standard InChI is InChI=1S/C19H27N3O2/c1-15(2)13-22(4)19(23)18-12-17(24-20-18)14-21(3)11-10-16-8-6-5-7-9-16/h5-9,12,15H,10-11,13-14H2,1-4H3. The Labute approximate surface area is 144 Å². The van der Waals surface area contributed by atoms with Gasteiger partial charge in [0.2, 0.25) is 0 Å². The van der Waals surface area contributed by atoms with Crippen LogP contribution in [0.5, 0.6) is 0 Å². The molecule has 0 fully saturated rings. The van der Waals surface area contributed by atoms with E-state index in [4.69, 9.17) is 4.52 Å². The van der Waals surface area contributed by atoms with Crippen LogP contribution in [0, 0.1) is 5.92 Å². The van der Waals surface area contributed by atoms with Crippen LogP contribution in [0.4, 0.5) is 0 Å². The first-order valence-electron chi connectivity index (χ1n) is 8.39. The molecule has 0 aliphatic rings. The number of likely N-dealkylation sites (N-methyl/N-ethyl adjacent to an activating group) is 1. The highest BCUT2D eigenvalue weighted by Crippen LogP contribution is 2.10. The second-order valence-electron chi connectivity index (χ2n) is 6.73. The average Bonchev–Trinajstić information content (AvgIpc) is 3.01. The van der Waals surface area contributed by atoms with Crippen LogP contribution in [0.1, 0.15) is 35.7 Å². The SMILES string of the molecule is CC(C)CN(C)C(=O)c1cc(CN(C)CCc2ccccc2)on1. The largest absolute Gasteiger partial charge is 0.359 e. The molecule has 0 spiro atoms. The Morgan fingerprint density at radius 1 is 1.21 bits per heavy atom. The van der Waals surface area contributed by atoms with Crippen molar-refractivity contribution in [1.82, 2.24) is 15.0 Å². The molecule has 1 amide bonds. The lowest BCUT2D eigenvalue weighted by atomic mass is 10.1. The van der Waals surface area contributed by atoms with Crippen molar-refractivity contribution in [1.29, 1.82) is 0 Å². The molecule has 0 bridgehead atoms. The molecule has 2 aromatic rings. The molecule has 0 aliphatic carbocycles. The zero-order valence-electron chi connectivity index (χ0n) is 15.0. The fraction of sp³-hybridized carbons (Fsp3) is 0.474. The minimum Gasteiger partial charge on any atom is -0.359 e. The quantitative estimate of drug-likeness (QED) is 0.747. The van der Waals surface area contributed by atoms with Crippen molar-refractivity contribution in [3.05, 3.63) is 53.4 Å². The molecule has 24 heavy (non-hydrogen) atoms. The first-order chi connectivity index (χ1) is 11.5. The number of aromatic nitrogens is 1. The Morgan fingerprint density at radius 2 is 1.92 bits per heavy atom. The van der Waals surface area contributed by atoms with Crippen LogP contribution in [0.25, 0.3) is 0 Å². The second-order valence-corrected chi connectivity index (χ2v) is 6.73. The van der Waals surface area contributed by atoms with Crippen LogP contribution < -0.4 is 0 Å². The van der Waals surface area contributed by atoms with E-state index in [1.54, 1.807) is 18.0 Å². The highest BCUT2D eigenvalue weighted by atomic mass is 16.5. The van der Waals surface area contributed by atoms with Crippen LogP contribution >= 0.6 is 0 Å². The van der Waals surface area contributed by atoms with Gasteiger partial charge in [-0.1, -0.05) is 49.3 Å². The molecule has 2 rings (SSSR count). The van der Waals surface area contributed by atoms with Crippen LogP contribution in [-0.2, 0) is 13.0 Å². The molecular weight excluding hydrogens is 302 g/mol. The van der Waals surface area contributed by atoms with Crippen LogP contribution in [0.3, 0.4) is 0 Å². The van der Waals surface area contributed by atoms with Gasteiger partial charge < -0.3 is 9.42 Å². The summed E-state index contributed by atoms with van der Waals surface area (Å²) in [5, 5.41) is 3.92. The normalized spacial score (nSPS) is 11.2. The lowest BCUT2D eigenvalue weighted by molar-refractivity contribution is 0.0768. The van der Waals surface area contributed by atoms with Crippen LogP contribution in [-0.4, -0.2) is 48.0 Å². The van der Waals surface area contributed by atoms with Gasteiger partial charge >= 0.3 is 0 Å². The lowest BCUT2D eigenvalue weighted by Gasteiger charge is -2.17. The highest BCUT2D eigenvalue weighted by molar-refractivity contribution is 5.92. The van der Waals surface area contributed by atoms with Gasteiger partial charge in [0.15, 0.2) is 11.5 Å². The number of hydrogen-bond donors (Lipinski definition) is 0. The summed E-state index contributed by atoms with van der Waals surface area (Å²) in [6.07, 6.45) is 0.981. The molecule has 1 aromatic carbocycles. The molecule has 5 nitrogen and oxygen atoms in total. The van der Waals surface area contributed by atoms with E-state index in [1.807, 2.05) is 13.1 Å². The van der Waals surface area contributed by atoms with Gasteiger partial charge in [-0.15, -0.1) is 0 Å². The molecule has 0 N–H and O–H groups in total. The van der Waals surface area contributed by atoms with Crippen LogP contribution in [0.2, 0.25) is 0 Å². The summed E-state index contributed by atoms with van der Waals surface area (Å²) in [7, 11) is 3.83. The number of carbonyl (C=O) groups excluding carboxylic acids is 1. The van der Waals surface area contributed by atoms with Gasteiger partial charge in [0.25, 0.3) is 5.91 Å². The summed E-state index contributed by atoms with van der Waals surface area (Å²) < 4.78 is 5.32. The van der Waals surface area contributed by atoms with Crippen molar-refractivity contribution in [2.45, 2.75) is 26.8 Å². The monoisotopic (exact) mass is 329 g/mol. The van der Waals surface area contributed by atoms with Gasteiger partial charge in [-0.05, 0) is 24.9 Å². The smallest absolute Gasteiger partial charge is 0.275 e. The third-order valence-electron chi connectivity index (χ3n) is 3.81. The van der Waals surface area contributed by atoms with Crippen molar-refractivity contribution in [3.8, 4) is 0 Å². The number of nitrogens with zero attached hydrogens (tertiary/aromatic N) is 3. The topological polar surface area (TPSA) is 49.6 Å². The average molecular weight is 329 g/mol. The van der Waals surface area contributed by atoms with E-state index in [-0.39, 0.29) is 5.91 Å². The predicted molar refractivity (Wildman–Crippen MR) is 94.8 cm³/mol. The van der Waals surface area contributed by atoms with Crippen molar-refractivity contribution in [2.75, 3.05) is 27.2 Å². The van der Waals surface area contributed by atoms with E-state index < -0.39 is 0 Å². The van der Waals surface area contributed by atoms with Gasteiger partial charge in [0, 0.05) is 26.2 Å². The lowest BCUT2D eigenvalue weighted by Crippen LogP contribution is -2.30. The van der Waals surface area contributed by atoms with Gasteiger partial charge in [-0.2, -0.15) is 0 Å². The third-order valence-corrected chi connectivity index (χ3v) is 3.81. The molecule has 0 aliphatic heterocycles. The summed E-state index contributed by atoms with van der Waals surface area (Å²) in [6.45, 7) is 6.43. The molecule has 1 heterocycles. The van der Waals surface area contributed by atoms with Crippen LogP contribution in [0.15, 0.2) is 40.9 Å². The second kappa shape index (κ2) is 8.64. The van der Waals surface area contributed by atoms with Gasteiger partial charge in [-0.3, -0.25) is 9.69 Å². The number of amides is 1. The third kappa shape index (κ3) is 5.49. The minimum atomic E-state index is -0.0920. The number of rotatable bonds is 8. The van der Waals surface area contributed by atoms with Crippen molar-refractivity contribution >= 4 is 5.91 Å². The number of benzene rings is 1. The number of carbonyl (C=O) groups is 1. The first kappa shape index (κ1) is 18.2. The van der Waals surface area contributed by atoms with Gasteiger partial charge in [0.05, 0.1) is 6.54 Å². The predicted octanol–water partition coefficient (Wildman–Crippen LogP) is 3.08. The summed E-state index contributed by atoms with van der Waals surface area (Å²) in [6, 6.07) is 12.1. The maximum absolute atomic E-state index is 12.3. The molecule has 0 saturated heterocycles. The molecule has 5 heteroatoms. The highest BCUT2D eigenvalue weighted by Gasteiger charge is 2.18. The maximum Gasteiger partial charge on any atom is 0.275 e. The van der Waals surface area contributed by atoms with E-state index in [2.05, 4.69) is 48.2 Å². The van der Waals surface area contributed by atoms with E-state index in [9.17, 15) is 4.79 Å². The zero-order chi connectivity index (χ0) is 17.5. The fourth-order valence-electron chi connectivity index (χ4n) is 2.62. The number of hydrogen-bond acceptors (Lipinski definition) is 4. The van der Waals surface area contributed by atoms with Crippen molar-refractivity contribution in [3.63, 3.8) is 0 Å². The van der Waals surface area contributed by atoms with E-state index >= 15 is 0 Å². The Hall–Kier alpha value is -2.14. The maximum atomic E-state index is 12.3. The first-order valence-corrected chi connectivity index (χ1v) is 8.39. The Bertz CT molecular complexity index is 637. The Morgan fingerprint density at radius 3 is 2.58 bits per heavy atom. The van der Waals surface area contributed by atoms with Gasteiger partial charge in [0.1, 0.15) is 0 Å². The summed E-state index contributed by atoms with van der Waals surface area (Å²) in [5.74, 6) is 1.05. The summed E-state index contributed by atoms with van der Waals surface area (Å²) in [5.41, 5.74) is 1.69. The molecular formula is C19H27N3O2. The minimum absolute atomic E-state index is 0.0920. The van der Waals surface area contributed by atoms with Crippen molar-refractivity contribution in [2.24, 2.45) is 5.92 Å².